The maximum atomic E-state index is 13.8. The average Bonchev–Trinajstić information content (AvgIpc) is 3.33. The molecule has 1 N–H and O–H groups in total. The van der Waals surface area contributed by atoms with Crippen molar-refractivity contribution < 1.29 is 18.7 Å². The fourth-order valence-electron chi connectivity index (χ4n) is 5.40. The highest BCUT2D eigenvalue weighted by Crippen LogP contribution is 2.50. The Kier molecular flexibility index (Phi) is 5.29. The standard InChI is InChI=1S/C29H26N2O4/c1-34-20-11-9-18(10-12-20)21-5-2-3-6-24(21)29(33)31-17-19-15-25(19)26(31)16-30-28(32)23-7-4-8-27-22(23)13-14-35-27/h2-14,19,25-26H,15-17H2,1H3,(H,30,32)/t19-,25-,26-/m1/s1. The first-order valence-corrected chi connectivity index (χ1v) is 11.9. The third-order valence-corrected chi connectivity index (χ3v) is 7.33. The second-order valence-electron chi connectivity index (χ2n) is 9.31. The molecule has 0 bridgehead atoms. The first kappa shape index (κ1) is 21.5. The molecule has 4 aromatic rings. The number of furan rings is 1. The van der Waals surface area contributed by atoms with Gasteiger partial charge in [-0.2, -0.15) is 0 Å². The average molecular weight is 467 g/mol. The molecule has 0 unspecified atom stereocenters. The molecule has 3 atom stereocenters. The van der Waals surface area contributed by atoms with E-state index < -0.39 is 0 Å². The number of methoxy groups -OCH3 is 1. The van der Waals surface area contributed by atoms with Crippen molar-refractivity contribution in [2.24, 2.45) is 11.8 Å². The number of benzene rings is 3. The van der Waals surface area contributed by atoms with E-state index in [1.807, 2.05) is 71.6 Å². The zero-order chi connectivity index (χ0) is 23.9. The van der Waals surface area contributed by atoms with E-state index in [-0.39, 0.29) is 17.9 Å². The Morgan fingerprint density at radius 3 is 2.63 bits per heavy atom. The molecule has 35 heavy (non-hydrogen) atoms. The molecule has 3 aromatic carbocycles. The van der Waals surface area contributed by atoms with Crippen LogP contribution in [0.2, 0.25) is 0 Å². The van der Waals surface area contributed by atoms with Crippen molar-refractivity contribution >= 4 is 22.8 Å². The van der Waals surface area contributed by atoms with E-state index in [1.54, 1.807) is 19.4 Å². The number of carbonyl (C=O) groups is 2. The predicted molar refractivity (Wildman–Crippen MR) is 133 cm³/mol. The van der Waals surface area contributed by atoms with Crippen molar-refractivity contribution in [1.82, 2.24) is 10.2 Å². The highest BCUT2D eigenvalue weighted by atomic mass is 16.5. The normalized spacial score (nSPS) is 20.5. The molecule has 176 valence electrons. The molecule has 6 nitrogen and oxygen atoms in total. The summed E-state index contributed by atoms with van der Waals surface area (Å²) in [5.74, 6) is 1.61. The molecule has 2 heterocycles. The molecule has 6 rings (SSSR count). The van der Waals surface area contributed by atoms with E-state index in [0.717, 1.165) is 35.2 Å². The SMILES string of the molecule is COc1ccc(-c2ccccc2C(=O)N2C[C@H]3C[C@H]3[C@H]2CNC(=O)c2cccc3occc23)cc1. The summed E-state index contributed by atoms with van der Waals surface area (Å²) in [6.45, 7) is 1.17. The second-order valence-corrected chi connectivity index (χ2v) is 9.31. The molecular formula is C29H26N2O4. The minimum Gasteiger partial charge on any atom is -0.497 e. The summed E-state index contributed by atoms with van der Waals surface area (Å²) in [5, 5.41) is 3.88. The Labute approximate surface area is 203 Å². The van der Waals surface area contributed by atoms with E-state index in [1.165, 1.54) is 0 Å². The number of amides is 2. The van der Waals surface area contributed by atoms with Crippen LogP contribution in [0.1, 0.15) is 27.1 Å². The molecule has 0 spiro atoms. The minimum atomic E-state index is -0.146. The minimum absolute atomic E-state index is 0.0103. The number of likely N-dealkylation sites (tertiary alicyclic amines) is 1. The van der Waals surface area contributed by atoms with Crippen LogP contribution in [-0.4, -0.2) is 43.0 Å². The molecule has 0 radical (unpaired) electrons. The summed E-state index contributed by atoms with van der Waals surface area (Å²) in [5.41, 5.74) is 3.82. The Hall–Kier alpha value is -4.06. The van der Waals surface area contributed by atoms with Crippen LogP contribution in [0.3, 0.4) is 0 Å². The third kappa shape index (κ3) is 3.85. The largest absolute Gasteiger partial charge is 0.497 e. The van der Waals surface area contributed by atoms with Gasteiger partial charge in [0.1, 0.15) is 11.3 Å². The van der Waals surface area contributed by atoms with Crippen molar-refractivity contribution in [1.29, 1.82) is 0 Å². The zero-order valence-corrected chi connectivity index (χ0v) is 19.4. The quantitative estimate of drug-likeness (QED) is 0.434. The Balaban J connectivity index is 1.22. The highest BCUT2D eigenvalue weighted by Gasteiger charge is 2.54. The summed E-state index contributed by atoms with van der Waals surface area (Å²) < 4.78 is 10.7. The lowest BCUT2D eigenvalue weighted by molar-refractivity contribution is 0.0695. The van der Waals surface area contributed by atoms with E-state index in [9.17, 15) is 9.59 Å². The molecule has 1 aliphatic heterocycles. The molecule has 1 saturated heterocycles. The first-order valence-electron chi connectivity index (χ1n) is 11.9. The number of carbonyl (C=O) groups excluding carboxylic acids is 2. The fraction of sp³-hybridized carbons (Fsp3) is 0.241. The predicted octanol–water partition coefficient (Wildman–Crippen LogP) is 5.00. The number of fused-ring (bicyclic) bond motifs is 2. The van der Waals surface area contributed by atoms with Gasteiger partial charge in [0.2, 0.25) is 0 Å². The van der Waals surface area contributed by atoms with Gasteiger partial charge in [-0.1, -0.05) is 36.4 Å². The van der Waals surface area contributed by atoms with Gasteiger partial charge in [-0.15, -0.1) is 0 Å². The molecule has 1 aliphatic carbocycles. The molecule has 1 saturated carbocycles. The number of nitrogens with one attached hydrogen (secondary N) is 1. The van der Waals surface area contributed by atoms with Crippen molar-refractivity contribution in [3.63, 3.8) is 0 Å². The number of rotatable bonds is 6. The van der Waals surface area contributed by atoms with Crippen LogP contribution in [0.15, 0.2) is 83.5 Å². The van der Waals surface area contributed by atoms with Crippen LogP contribution in [0.5, 0.6) is 5.75 Å². The highest BCUT2D eigenvalue weighted by molar-refractivity contribution is 6.06. The smallest absolute Gasteiger partial charge is 0.254 e. The maximum absolute atomic E-state index is 13.8. The third-order valence-electron chi connectivity index (χ3n) is 7.33. The van der Waals surface area contributed by atoms with Crippen molar-refractivity contribution in [2.75, 3.05) is 20.2 Å². The molecule has 6 heteroatoms. The lowest BCUT2D eigenvalue weighted by Gasteiger charge is -2.28. The van der Waals surface area contributed by atoms with Gasteiger partial charge in [-0.25, -0.2) is 0 Å². The van der Waals surface area contributed by atoms with Gasteiger partial charge in [0.15, 0.2) is 0 Å². The van der Waals surface area contributed by atoms with Gasteiger partial charge in [-0.3, -0.25) is 9.59 Å². The van der Waals surface area contributed by atoms with Crippen molar-refractivity contribution in [3.05, 3.63) is 90.2 Å². The molecule has 2 amide bonds. The van der Waals surface area contributed by atoms with Gasteiger partial charge < -0.3 is 19.4 Å². The Bertz CT molecular complexity index is 1410. The van der Waals surface area contributed by atoms with Crippen LogP contribution >= 0.6 is 0 Å². The lowest BCUT2D eigenvalue weighted by Crippen LogP contribution is -2.45. The summed E-state index contributed by atoms with van der Waals surface area (Å²) in [6, 6.07) is 22.7. The van der Waals surface area contributed by atoms with E-state index in [0.29, 0.717) is 35.1 Å². The van der Waals surface area contributed by atoms with E-state index in [4.69, 9.17) is 9.15 Å². The van der Waals surface area contributed by atoms with Crippen LogP contribution in [0, 0.1) is 11.8 Å². The summed E-state index contributed by atoms with van der Waals surface area (Å²) in [4.78, 5) is 28.7. The fourth-order valence-corrected chi connectivity index (χ4v) is 5.40. The van der Waals surface area contributed by atoms with Gasteiger partial charge in [0, 0.05) is 24.0 Å². The topological polar surface area (TPSA) is 71.8 Å². The van der Waals surface area contributed by atoms with Crippen LogP contribution in [0.4, 0.5) is 0 Å². The van der Waals surface area contributed by atoms with Gasteiger partial charge >= 0.3 is 0 Å². The van der Waals surface area contributed by atoms with Crippen molar-refractivity contribution in [3.8, 4) is 16.9 Å². The molecule has 1 aromatic heterocycles. The van der Waals surface area contributed by atoms with Gasteiger partial charge in [0.25, 0.3) is 11.8 Å². The van der Waals surface area contributed by atoms with Crippen LogP contribution in [0.25, 0.3) is 22.1 Å². The molecule has 2 aliphatic rings. The maximum Gasteiger partial charge on any atom is 0.254 e. The van der Waals surface area contributed by atoms with E-state index >= 15 is 0 Å². The Morgan fingerprint density at radius 1 is 1.00 bits per heavy atom. The van der Waals surface area contributed by atoms with E-state index in [2.05, 4.69) is 5.32 Å². The first-order chi connectivity index (χ1) is 17.1. The van der Waals surface area contributed by atoms with Crippen LogP contribution in [-0.2, 0) is 0 Å². The van der Waals surface area contributed by atoms with Crippen LogP contribution < -0.4 is 10.1 Å². The number of ether oxygens (including phenoxy) is 1. The summed E-state index contributed by atoms with van der Waals surface area (Å²) >= 11 is 0. The second kappa shape index (κ2) is 8.62. The summed E-state index contributed by atoms with van der Waals surface area (Å²) in [7, 11) is 1.64. The zero-order valence-electron chi connectivity index (χ0n) is 19.4. The molecule has 2 fully saturated rings. The Morgan fingerprint density at radius 2 is 1.80 bits per heavy atom. The number of hydrogen-bond donors (Lipinski definition) is 1. The number of nitrogens with zero attached hydrogens (tertiary/aromatic N) is 1. The lowest BCUT2D eigenvalue weighted by atomic mass is 9.98. The number of hydrogen-bond acceptors (Lipinski definition) is 4. The van der Waals surface area contributed by atoms with Gasteiger partial charge in [-0.05, 0) is 65.8 Å². The number of piperidine rings is 1. The van der Waals surface area contributed by atoms with Crippen molar-refractivity contribution in [2.45, 2.75) is 12.5 Å². The molecular weight excluding hydrogens is 440 g/mol. The monoisotopic (exact) mass is 466 g/mol. The van der Waals surface area contributed by atoms with Gasteiger partial charge in [0.05, 0.1) is 25.0 Å². The summed E-state index contributed by atoms with van der Waals surface area (Å²) in [6.07, 6.45) is 2.70.